The number of nitrogens with two attached hydrogens (primary N) is 1. The van der Waals surface area contributed by atoms with E-state index in [1.54, 1.807) is 0 Å². The molecule has 0 aromatic rings. The van der Waals surface area contributed by atoms with E-state index in [1.165, 1.54) is 7.11 Å². The molecule has 60 valence electrons. The minimum absolute atomic E-state index is 0.196. The lowest BCUT2D eigenvalue weighted by Crippen LogP contribution is -2.23. The maximum atomic E-state index is 11.7. The van der Waals surface area contributed by atoms with E-state index >= 15 is 0 Å². The van der Waals surface area contributed by atoms with Crippen LogP contribution in [0.5, 0.6) is 0 Å². The number of methoxy groups -OCH3 is 1. The second-order valence-electron chi connectivity index (χ2n) is 2.03. The van der Waals surface area contributed by atoms with Gasteiger partial charge in [0.2, 0.25) is 0 Å². The zero-order valence-corrected chi connectivity index (χ0v) is 5.97. The van der Waals surface area contributed by atoms with Crippen LogP contribution in [0.1, 0.15) is 12.8 Å². The standard InChI is InChI=1S/C6H12FNO2/c1-10-6(9)3-2-5(8)4-7/h5H,2-4,8H2,1H3/t5-/m0/s1. The van der Waals surface area contributed by atoms with Crippen molar-refractivity contribution in [3.8, 4) is 0 Å². The Balaban J connectivity index is 3.26. The van der Waals surface area contributed by atoms with Crippen molar-refractivity contribution >= 4 is 5.97 Å². The molecule has 0 amide bonds. The molecule has 0 aliphatic carbocycles. The number of halogens is 1. The molecular weight excluding hydrogens is 137 g/mol. The highest BCUT2D eigenvalue weighted by Gasteiger charge is 2.05. The average molecular weight is 149 g/mol. The molecule has 0 fully saturated rings. The Morgan fingerprint density at radius 1 is 1.80 bits per heavy atom. The number of esters is 1. The molecule has 0 unspecified atom stereocenters. The van der Waals surface area contributed by atoms with E-state index in [-0.39, 0.29) is 12.4 Å². The monoisotopic (exact) mass is 149 g/mol. The molecule has 0 rings (SSSR count). The van der Waals surface area contributed by atoms with Gasteiger partial charge in [0, 0.05) is 12.5 Å². The third-order valence-corrected chi connectivity index (χ3v) is 1.15. The van der Waals surface area contributed by atoms with E-state index in [0.29, 0.717) is 6.42 Å². The average Bonchev–Trinajstić information content (AvgIpc) is 1.99. The molecule has 0 aromatic carbocycles. The molecule has 0 bridgehead atoms. The van der Waals surface area contributed by atoms with Crippen LogP contribution in [-0.2, 0) is 9.53 Å². The van der Waals surface area contributed by atoms with Gasteiger partial charge in [0.25, 0.3) is 0 Å². The molecule has 0 aliphatic rings. The molecular formula is C6H12FNO2. The van der Waals surface area contributed by atoms with E-state index in [1.807, 2.05) is 0 Å². The number of hydrogen-bond donors (Lipinski definition) is 1. The van der Waals surface area contributed by atoms with Crippen molar-refractivity contribution in [3.05, 3.63) is 0 Å². The lowest BCUT2D eigenvalue weighted by atomic mass is 10.2. The van der Waals surface area contributed by atoms with Gasteiger partial charge < -0.3 is 10.5 Å². The van der Waals surface area contributed by atoms with Crippen molar-refractivity contribution in [3.63, 3.8) is 0 Å². The first-order valence-electron chi connectivity index (χ1n) is 3.09. The molecule has 2 N–H and O–H groups in total. The molecule has 3 nitrogen and oxygen atoms in total. The topological polar surface area (TPSA) is 52.3 Å². The van der Waals surface area contributed by atoms with Crippen LogP contribution < -0.4 is 5.73 Å². The van der Waals surface area contributed by atoms with Gasteiger partial charge in [-0.05, 0) is 6.42 Å². The summed E-state index contributed by atoms with van der Waals surface area (Å²) in [6, 6.07) is -0.529. The predicted molar refractivity (Wildman–Crippen MR) is 35.2 cm³/mol. The van der Waals surface area contributed by atoms with Crippen LogP contribution in [-0.4, -0.2) is 25.8 Å². The summed E-state index contributed by atoms with van der Waals surface area (Å²) in [5, 5.41) is 0. The van der Waals surface area contributed by atoms with Crippen LogP contribution in [0.4, 0.5) is 4.39 Å². The Labute approximate surface area is 59.3 Å². The predicted octanol–water partition coefficient (Wildman–Crippen LogP) is 0.236. The van der Waals surface area contributed by atoms with Gasteiger partial charge in [0.1, 0.15) is 6.67 Å². The van der Waals surface area contributed by atoms with E-state index in [2.05, 4.69) is 4.74 Å². The number of rotatable bonds is 4. The zero-order chi connectivity index (χ0) is 7.98. The second kappa shape index (κ2) is 5.17. The first kappa shape index (κ1) is 9.36. The summed E-state index contributed by atoms with van der Waals surface area (Å²) in [4.78, 5) is 10.4. The molecule has 0 saturated heterocycles. The molecule has 1 atom stereocenters. The van der Waals surface area contributed by atoms with Crippen molar-refractivity contribution < 1.29 is 13.9 Å². The summed E-state index contributed by atoms with van der Waals surface area (Å²) in [5.41, 5.74) is 5.19. The van der Waals surface area contributed by atoms with E-state index in [4.69, 9.17) is 5.73 Å². The van der Waals surface area contributed by atoms with Gasteiger partial charge in [-0.25, -0.2) is 4.39 Å². The van der Waals surface area contributed by atoms with Gasteiger partial charge in [-0.3, -0.25) is 4.79 Å². The van der Waals surface area contributed by atoms with Gasteiger partial charge in [0.15, 0.2) is 0 Å². The third-order valence-electron chi connectivity index (χ3n) is 1.15. The highest BCUT2D eigenvalue weighted by atomic mass is 19.1. The first-order valence-corrected chi connectivity index (χ1v) is 3.09. The van der Waals surface area contributed by atoms with Crippen LogP contribution in [0.25, 0.3) is 0 Å². The number of hydrogen-bond acceptors (Lipinski definition) is 3. The fourth-order valence-corrected chi connectivity index (χ4v) is 0.482. The Hall–Kier alpha value is -0.640. The molecule has 10 heavy (non-hydrogen) atoms. The van der Waals surface area contributed by atoms with E-state index in [0.717, 1.165) is 0 Å². The maximum absolute atomic E-state index is 11.7. The maximum Gasteiger partial charge on any atom is 0.305 e. The smallest absolute Gasteiger partial charge is 0.305 e. The van der Waals surface area contributed by atoms with Crippen LogP contribution >= 0.6 is 0 Å². The second-order valence-corrected chi connectivity index (χ2v) is 2.03. The van der Waals surface area contributed by atoms with Gasteiger partial charge in [-0.15, -0.1) is 0 Å². The fourth-order valence-electron chi connectivity index (χ4n) is 0.482. The number of carbonyl (C=O) groups excluding carboxylic acids is 1. The largest absolute Gasteiger partial charge is 0.469 e. The first-order chi connectivity index (χ1) is 4.70. The van der Waals surface area contributed by atoms with Crippen LogP contribution in [0.15, 0.2) is 0 Å². The Kier molecular flexibility index (Phi) is 4.84. The molecule has 0 radical (unpaired) electrons. The quantitative estimate of drug-likeness (QED) is 0.582. The Bertz CT molecular complexity index is 108. The number of alkyl halides is 1. The molecule has 4 heteroatoms. The van der Waals surface area contributed by atoms with Crippen molar-refractivity contribution in [2.75, 3.05) is 13.8 Å². The van der Waals surface area contributed by atoms with Crippen molar-refractivity contribution in [1.29, 1.82) is 0 Å². The van der Waals surface area contributed by atoms with Gasteiger partial charge >= 0.3 is 5.97 Å². The van der Waals surface area contributed by atoms with Gasteiger partial charge in [0.05, 0.1) is 7.11 Å². The minimum Gasteiger partial charge on any atom is -0.469 e. The summed E-state index contributed by atoms with van der Waals surface area (Å²) in [6.45, 7) is -0.586. The minimum atomic E-state index is -0.586. The van der Waals surface area contributed by atoms with Gasteiger partial charge in [-0.2, -0.15) is 0 Å². The summed E-state index contributed by atoms with van der Waals surface area (Å²) < 4.78 is 16.0. The van der Waals surface area contributed by atoms with E-state index in [9.17, 15) is 9.18 Å². The van der Waals surface area contributed by atoms with Crippen LogP contribution in [0.3, 0.4) is 0 Å². The number of carbonyl (C=O) groups is 1. The summed E-state index contributed by atoms with van der Waals surface area (Å²) in [7, 11) is 1.29. The molecule has 0 aromatic heterocycles. The third kappa shape index (κ3) is 4.26. The molecule has 0 spiro atoms. The fraction of sp³-hybridized carbons (Fsp3) is 0.833. The Morgan fingerprint density at radius 3 is 2.80 bits per heavy atom. The molecule has 0 aliphatic heterocycles. The normalized spacial score (nSPS) is 12.7. The highest BCUT2D eigenvalue weighted by molar-refractivity contribution is 5.69. The number of ether oxygens (including phenoxy) is 1. The van der Waals surface area contributed by atoms with Crippen molar-refractivity contribution in [2.24, 2.45) is 5.73 Å². The summed E-state index contributed by atoms with van der Waals surface area (Å²) >= 11 is 0. The van der Waals surface area contributed by atoms with Crippen LogP contribution in [0, 0.1) is 0 Å². The summed E-state index contributed by atoms with van der Waals surface area (Å²) in [5.74, 6) is -0.344. The van der Waals surface area contributed by atoms with Crippen LogP contribution in [0.2, 0.25) is 0 Å². The molecule has 0 saturated carbocycles. The molecule has 0 heterocycles. The van der Waals surface area contributed by atoms with Crippen molar-refractivity contribution in [2.45, 2.75) is 18.9 Å². The van der Waals surface area contributed by atoms with Crippen molar-refractivity contribution in [1.82, 2.24) is 0 Å². The SMILES string of the molecule is COC(=O)CC[C@H](N)CF. The van der Waals surface area contributed by atoms with Gasteiger partial charge in [-0.1, -0.05) is 0 Å². The Morgan fingerprint density at radius 2 is 2.40 bits per heavy atom. The summed E-state index contributed by atoms with van der Waals surface area (Å²) in [6.07, 6.45) is 0.546. The highest BCUT2D eigenvalue weighted by Crippen LogP contribution is 1.96. The lowest BCUT2D eigenvalue weighted by molar-refractivity contribution is -0.140. The zero-order valence-electron chi connectivity index (χ0n) is 5.97. The van der Waals surface area contributed by atoms with E-state index < -0.39 is 12.7 Å². The lowest BCUT2D eigenvalue weighted by Gasteiger charge is -2.03.